The highest BCUT2D eigenvalue weighted by atomic mass is 32.1. The molecule has 0 bridgehead atoms. The summed E-state index contributed by atoms with van der Waals surface area (Å²) in [6.07, 6.45) is 0. The zero-order chi connectivity index (χ0) is 21.6. The third kappa shape index (κ3) is 6.83. The van der Waals surface area contributed by atoms with Gasteiger partial charge in [-0.2, -0.15) is 0 Å². The number of nitrogens with zero attached hydrogens (tertiary/aromatic N) is 2. The third-order valence-corrected chi connectivity index (χ3v) is 5.00. The summed E-state index contributed by atoms with van der Waals surface area (Å²) >= 11 is 1.36. The van der Waals surface area contributed by atoms with Crippen molar-refractivity contribution in [3.05, 3.63) is 45.4 Å². The van der Waals surface area contributed by atoms with Crippen LogP contribution in [0.2, 0.25) is 0 Å². The van der Waals surface area contributed by atoms with E-state index in [9.17, 15) is 9.59 Å². The normalized spacial score (nSPS) is 11.2. The minimum Gasteiger partial charge on any atom is -0.383 e. The van der Waals surface area contributed by atoms with Crippen LogP contribution in [-0.2, 0) is 11.3 Å². The number of para-hydroxylation sites is 1. The van der Waals surface area contributed by atoms with E-state index in [2.05, 4.69) is 15.6 Å². The summed E-state index contributed by atoms with van der Waals surface area (Å²) in [4.78, 5) is 31.3. The Labute approximate surface area is 176 Å². The third-order valence-electron chi connectivity index (χ3n) is 4.16. The fourth-order valence-corrected chi connectivity index (χ4v) is 3.50. The van der Waals surface area contributed by atoms with Gasteiger partial charge in [-0.05, 0) is 45.7 Å². The lowest BCUT2D eigenvalue weighted by Crippen LogP contribution is -2.40. The Morgan fingerprint density at radius 1 is 1.21 bits per heavy atom. The molecule has 1 aromatic carbocycles. The number of methoxy groups -OCH3 is 1. The Balaban J connectivity index is 2.12. The molecule has 0 atom stereocenters. The smallest absolute Gasteiger partial charge is 0.322 e. The zero-order valence-electron chi connectivity index (χ0n) is 18.0. The molecule has 0 aliphatic heterocycles. The van der Waals surface area contributed by atoms with Crippen molar-refractivity contribution in [3.8, 4) is 0 Å². The van der Waals surface area contributed by atoms with Crippen molar-refractivity contribution in [3.63, 3.8) is 0 Å². The SMILES string of the molecule is COCCN(Cc1nc(C(=O)NC(C)(C)C)cs1)C(=O)Nc1c(C)cccc1C. The van der Waals surface area contributed by atoms with Crippen molar-refractivity contribution in [2.75, 3.05) is 25.6 Å². The van der Waals surface area contributed by atoms with E-state index in [4.69, 9.17) is 4.74 Å². The number of aromatic nitrogens is 1. The van der Waals surface area contributed by atoms with E-state index in [0.717, 1.165) is 16.8 Å². The molecule has 1 heterocycles. The molecule has 2 N–H and O–H groups in total. The fourth-order valence-electron chi connectivity index (χ4n) is 2.71. The van der Waals surface area contributed by atoms with E-state index < -0.39 is 0 Å². The Bertz CT molecular complexity index is 838. The maximum absolute atomic E-state index is 12.9. The van der Waals surface area contributed by atoms with E-state index in [-0.39, 0.29) is 17.5 Å². The molecule has 1 aromatic heterocycles. The molecule has 7 nitrogen and oxygen atoms in total. The molecule has 0 spiro atoms. The van der Waals surface area contributed by atoms with Crippen LogP contribution in [0.25, 0.3) is 0 Å². The van der Waals surface area contributed by atoms with Crippen molar-refractivity contribution in [1.82, 2.24) is 15.2 Å². The Hall–Kier alpha value is -2.45. The summed E-state index contributed by atoms with van der Waals surface area (Å²) in [6.45, 7) is 10.8. The predicted molar refractivity (Wildman–Crippen MR) is 117 cm³/mol. The number of urea groups is 1. The van der Waals surface area contributed by atoms with Crippen LogP contribution in [0.5, 0.6) is 0 Å². The first kappa shape index (κ1) is 22.8. The van der Waals surface area contributed by atoms with Gasteiger partial charge in [0.1, 0.15) is 10.7 Å². The van der Waals surface area contributed by atoms with Gasteiger partial charge in [-0.1, -0.05) is 18.2 Å². The number of amides is 3. The number of carbonyl (C=O) groups is 2. The highest BCUT2D eigenvalue weighted by Gasteiger charge is 2.20. The molecule has 158 valence electrons. The molecule has 0 unspecified atom stereocenters. The van der Waals surface area contributed by atoms with Crippen LogP contribution in [0.3, 0.4) is 0 Å². The standard InChI is InChI=1S/C21H30N4O3S/c1-14-8-7-9-15(2)18(14)23-20(27)25(10-11-28-6)12-17-22-16(13-29-17)19(26)24-21(3,4)5/h7-9,13H,10-12H2,1-6H3,(H,23,27)(H,24,26). The van der Waals surface area contributed by atoms with Crippen LogP contribution in [0.15, 0.2) is 23.6 Å². The number of hydrogen-bond donors (Lipinski definition) is 2. The molecule has 0 radical (unpaired) electrons. The van der Waals surface area contributed by atoms with Gasteiger partial charge in [-0.15, -0.1) is 11.3 Å². The second-order valence-electron chi connectivity index (χ2n) is 7.94. The lowest BCUT2D eigenvalue weighted by atomic mass is 10.1. The highest BCUT2D eigenvalue weighted by molar-refractivity contribution is 7.09. The average Bonchev–Trinajstić information content (AvgIpc) is 3.09. The van der Waals surface area contributed by atoms with Crippen LogP contribution in [0.1, 0.15) is 47.4 Å². The van der Waals surface area contributed by atoms with Crippen LogP contribution in [-0.4, -0.2) is 47.6 Å². The lowest BCUT2D eigenvalue weighted by molar-refractivity contribution is 0.0915. The number of thiazole rings is 1. The maximum atomic E-state index is 12.9. The van der Waals surface area contributed by atoms with E-state index in [0.29, 0.717) is 30.4 Å². The largest absolute Gasteiger partial charge is 0.383 e. The Kier molecular flexibility index (Phi) is 7.75. The second-order valence-corrected chi connectivity index (χ2v) is 8.88. The van der Waals surface area contributed by atoms with Gasteiger partial charge in [-0.25, -0.2) is 9.78 Å². The second kappa shape index (κ2) is 9.84. The van der Waals surface area contributed by atoms with Gasteiger partial charge in [0.25, 0.3) is 5.91 Å². The molecule has 0 fully saturated rings. The molecule has 8 heteroatoms. The maximum Gasteiger partial charge on any atom is 0.322 e. The number of hydrogen-bond acceptors (Lipinski definition) is 5. The van der Waals surface area contributed by atoms with Gasteiger partial charge in [0.2, 0.25) is 0 Å². The number of carbonyl (C=O) groups excluding carboxylic acids is 2. The first-order chi connectivity index (χ1) is 13.6. The van der Waals surface area contributed by atoms with Crippen molar-refractivity contribution < 1.29 is 14.3 Å². The first-order valence-electron chi connectivity index (χ1n) is 9.48. The summed E-state index contributed by atoms with van der Waals surface area (Å²) in [7, 11) is 1.60. The van der Waals surface area contributed by atoms with Gasteiger partial charge in [0.05, 0.1) is 13.2 Å². The number of anilines is 1. The van der Waals surface area contributed by atoms with Crippen molar-refractivity contribution >= 4 is 29.0 Å². The minimum atomic E-state index is -0.337. The predicted octanol–water partition coefficient (Wildman–Crippen LogP) is 3.97. The van der Waals surface area contributed by atoms with Crippen LogP contribution in [0.4, 0.5) is 10.5 Å². The van der Waals surface area contributed by atoms with E-state index >= 15 is 0 Å². The van der Waals surface area contributed by atoms with Crippen LogP contribution in [0, 0.1) is 13.8 Å². The van der Waals surface area contributed by atoms with Gasteiger partial charge in [0.15, 0.2) is 0 Å². The van der Waals surface area contributed by atoms with E-state index in [1.807, 2.05) is 52.8 Å². The molecule has 0 aliphatic carbocycles. The zero-order valence-corrected chi connectivity index (χ0v) is 18.8. The van der Waals surface area contributed by atoms with Crippen molar-refractivity contribution in [2.24, 2.45) is 0 Å². The summed E-state index contributed by atoms with van der Waals surface area (Å²) in [5.41, 5.74) is 2.84. The topological polar surface area (TPSA) is 83.6 Å². The Morgan fingerprint density at radius 3 is 2.45 bits per heavy atom. The summed E-state index contributed by atoms with van der Waals surface area (Å²) < 4.78 is 5.15. The average molecular weight is 419 g/mol. The van der Waals surface area contributed by atoms with Gasteiger partial charge in [0, 0.05) is 30.3 Å². The molecular weight excluding hydrogens is 388 g/mol. The van der Waals surface area contributed by atoms with Crippen molar-refractivity contribution in [1.29, 1.82) is 0 Å². The summed E-state index contributed by atoms with van der Waals surface area (Å²) in [6, 6.07) is 5.66. The molecule has 2 rings (SSSR count). The molecule has 3 amide bonds. The van der Waals surface area contributed by atoms with E-state index in [1.165, 1.54) is 11.3 Å². The quantitative estimate of drug-likeness (QED) is 0.713. The fraction of sp³-hybridized carbons (Fsp3) is 0.476. The first-order valence-corrected chi connectivity index (χ1v) is 10.4. The minimum absolute atomic E-state index is 0.219. The van der Waals surface area contributed by atoms with Gasteiger partial charge >= 0.3 is 6.03 Å². The van der Waals surface area contributed by atoms with Crippen molar-refractivity contribution in [2.45, 2.75) is 46.7 Å². The molecule has 2 aromatic rings. The molecule has 0 saturated carbocycles. The summed E-state index contributed by atoms with van der Waals surface area (Å²) in [5, 5.41) is 8.30. The monoisotopic (exact) mass is 418 g/mol. The Morgan fingerprint density at radius 2 is 1.86 bits per heavy atom. The molecular formula is C21H30N4O3S. The van der Waals surface area contributed by atoms with Crippen LogP contribution >= 0.6 is 11.3 Å². The molecule has 0 saturated heterocycles. The van der Waals surface area contributed by atoms with E-state index in [1.54, 1.807) is 17.4 Å². The number of ether oxygens (including phenoxy) is 1. The number of rotatable bonds is 7. The lowest BCUT2D eigenvalue weighted by Gasteiger charge is -2.23. The van der Waals surface area contributed by atoms with Gasteiger partial charge < -0.3 is 20.3 Å². The number of nitrogens with one attached hydrogen (secondary N) is 2. The highest BCUT2D eigenvalue weighted by Crippen LogP contribution is 2.21. The van der Waals surface area contributed by atoms with Gasteiger partial charge in [-0.3, -0.25) is 4.79 Å². The molecule has 29 heavy (non-hydrogen) atoms. The van der Waals surface area contributed by atoms with Crippen LogP contribution < -0.4 is 10.6 Å². The summed E-state index contributed by atoms with van der Waals surface area (Å²) in [5.74, 6) is -0.219. The number of benzene rings is 1. The molecule has 0 aliphatic rings. The number of aryl methyl sites for hydroxylation is 2.